The Morgan fingerprint density at radius 2 is 2.17 bits per heavy atom. The molecule has 0 spiro atoms. The summed E-state index contributed by atoms with van der Waals surface area (Å²) < 4.78 is 11.9. The predicted octanol–water partition coefficient (Wildman–Crippen LogP) is 1.67. The van der Waals surface area contributed by atoms with Gasteiger partial charge in [0, 0.05) is 0 Å². The van der Waals surface area contributed by atoms with Crippen LogP contribution < -0.4 is 10.1 Å². The van der Waals surface area contributed by atoms with E-state index in [1.165, 1.54) is 11.8 Å². The summed E-state index contributed by atoms with van der Waals surface area (Å²) in [6, 6.07) is 10.9. The maximum Gasteiger partial charge on any atom is 0.230 e. The van der Waals surface area contributed by atoms with Crippen molar-refractivity contribution >= 4 is 17.7 Å². The molecule has 3 aromatic rings. The van der Waals surface area contributed by atoms with Crippen LogP contribution in [0, 0.1) is 0 Å². The molecule has 0 aliphatic heterocycles. The molecule has 0 saturated heterocycles. The van der Waals surface area contributed by atoms with E-state index >= 15 is 0 Å². The number of methoxy groups -OCH3 is 1. The molecule has 0 bridgehead atoms. The van der Waals surface area contributed by atoms with Crippen LogP contribution in [0.5, 0.6) is 5.75 Å². The van der Waals surface area contributed by atoms with E-state index in [0.29, 0.717) is 17.5 Å². The van der Waals surface area contributed by atoms with Gasteiger partial charge in [-0.15, -0.1) is 5.10 Å². The lowest BCUT2D eigenvalue weighted by molar-refractivity contribution is -0.118. The first-order valence-electron chi connectivity index (χ1n) is 7.11. The Morgan fingerprint density at radius 1 is 1.33 bits per heavy atom. The molecule has 2 aromatic heterocycles. The lowest BCUT2D eigenvalue weighted by Crippen LogP contribution is -2.24. The van der Waals surface area contributed by atoms with Crippen molar-refractivity contribution in [1.29, 1.82) is 0 Å². The van der Waals surface area contributed by atoms with E-state index in [-0.39, 0.29) is 11.7 Å². The van der Waals surface area contributed by atoms with Gasteiger partial charge in [-0.05, 0) is 46.8 Å². The lowest BCUT2D eigenvalue weighted by Gasteiger charge is -2.06. The van der Waals surface area contributed by atoms with E-state index in [0.717, 1.165) is 11.4 Å². The normalized spacial score (nSPS) is 10.5. The SMILES string of the molecule is COc1ccc(-n2nnnc2SCC(=O)NCc2ccco2)cc1. The number of benzene rings is 1. The van der Waals surface area contributed by atoms with Gasteiger partial charge < -0.3 is 14.5 Å². The molecule has 1 N–H and O–H groups in total. The van der Waals surface area contributed by atoms with Gasteiger partial charge >= 0.3 is 0 Å². The largest absolute Gasteiger partial charge is 0.497 e. The highest BCUT2D eigenvalue weighted by Crippen LogP contribution is 2.20. The fraction of sp³-hybridized carbons (Fsp3) is 0.200. The number of thioether (sulfide) groups is 1. The van der Waals surface area contributed by atoms with Crippen LogP contribution in [0.15, 0.2) is 52.2 Å². The Morgan fingerprint density at radius 3 is 2.88 bits per heavy atom. The van der Waals surface area contributed by atoms with Gasteiger partial charge in [0.05, 0.1) is 31.4 Å². The van der Waals surface area contributed by atoms with Crippen molar-refractivity contribution in [3.05, 3.63) is 48.4 Å². The van der Waals surface area contributed by atoms with E-state index in [9.17, 15) is 4.79 Å². The number of aromatic nitrogens is 4. The van der Waals surface area contributed by atoms with E-state index in [1.807, 2.05) is 24.3 Å². The first-order valence-corrected chi connectivity index (χ1v) is 8.09. The van der Waals surface area contributed by atoms with Crippen molar-refractivity contribution in [3.63, 3.8) is 0 Å². The van der Waals surface area contributed by atoms with Crippen molar-refractivity contribution in [2.45, 2.75) is 11.7 Å². The van der Waals surface area contributed by atoms with Gasteiger partial charge in [-0.25, -0.2) is 0 Å². The number of nitrogens with one attached hydrogen (secondary N) is 1. The Kier molecular flexibility index (Phi) is 5.12. The van der Waals surface area contributed by atoms with Gasteiger partial charge in [-0.2, -0.15) is 4.68 Å². The number of furan rings is 1. The third-order valence-electron chi connectivity index (χ3n) is 3.13. The number of hydrogen-bond donors (Lipinski definition) is 1. The summed E-state index contributed by atoms with van der Waals surface area (Å²) in [5.74, 6) is 1.53. The minimum Gasteiger partial charge on any atom is -0.497 e. The third-order valence-corrected chi connectivity index (χ3v) is 4.05. The Labute approximate surface area is 142 Å². The molecule has 0 fully saturated rings. The molecule has 0 atom stereocenters. The van der Waals surface area contributed by atoms with Crippen molar-refractivity contribution in [1.82, 2.24) is 25.5 Å². The monoisotopic (exact) mass is 345 g/mol. The molecule has 8 nitrogen and oxygen atoms in total. The number of tetrazole rings is 1. The molecule has 3 rings (SSSR count). The zero-order chi connectivity index (χ0) is 16.8. The van der Waals surface area contributed by atoms with Gasteiger partial charge in [0.1, 0.15) is 11.5 Å². The number of ether oxygens (including phenoxy) is 1. The van der Waals surface area contributed by atoms with Crippen LogP contribution in [0.2, 0.25) is 0 Å². The Hall–Kier alpha value is -2.81. The maximum absolute atomic E-state index is 11.9. The second-order valence-corrected chi connectivity index (χ2v) is 5.66. The van der Waals surface area contributed by atoms with Crippen molar-refractivity contribution in [2.24, 2.45) is 0 Å². The highest BCUT2D eigenvalue weighted by molar-refractivity contribution is 7.99. The molecule has 0 aliphatic carbocycles. The van der Waals surface area contributed by atoms with Crippen LogP contribution in [-0.2, 0) is 11.3 Å². The smallest absolute Gasteiger partial charge is 0.230 e. The van der Waals surface area contributed by atoms with E-state index in [2.05, 4.69) is 20.8 Å². The average molecular weight is 345 g/mol. The number of carbonyl (C=O) groups is 1. The molecule has 124 valence electrons. The zero-order valence-electron chi connectivity index (χ0n) is 12.9. The number of carbonyl (C=O) groups excluding carboxylic acids is 1. The molecular weight excluding hydrogens is 330 g/mol. The fourth-order valence-electron chi connectivity index (χ4n) is 1.93. The van der Waals surface area contributed by atoms with E-state index in [4.69, 9.17) is 9.15 Å². The summed E-state index contributed by atoms with van der Waals surface area (Å²) in [6.07, 6.45) is 1.57. The van der Waals surface area contributed by atoms with Crippen LogP contribution in [0.3, 0.4) is 0 Å². The fourth-order valence-corrected chi connectivity index (χ4v) is 2.66. The van der Waals surface area contributed by atoms with Gasteiger partial charge in [0.25, 0.3) is 0 Å². The first-order chi connectivity index (χ1) is 11.8. The van der Waals surface area contributed by atoms with Gasteiger partial charge in [-0.1, -0.05) is 11.8 Å². The highest BCUT2D eigenvalue weighted by Gasteiger charge is 2.12. The number of nitrogens with zero attached hydrogens (tertiary/aromatic N) is 4. The third kappa shape index (κ3) is 3.93. The quantitative estimate of drug-likeness (QED) is 0.651. The molecule has 1 amide bonds. The van der Waals surface area contributed by atoms with Crippen molar-refractivity contribution < 1.29 is 13.9 Å². The summed E-state index contributed by atoms with van der Waals surface area (Å²) >= 11 is 1.26. The standard InChI is InChI=1S/C15H15N5O3S/c1-22-12-6-4-11(5-7-12)20-15(17-18-19-20)24-10-14(21)16-9-13-3-2-8-23-13/h2-8H,9-10H2,1H3,(H,16,21). The van der Waals surface area contributed by atoms with Crippen LogP contribution in [0.25, 0.3) is 5.69 Å². The van der Waals surface area contributed by atoms with Crippen LogP contribution in [-0.4, -0.2) is 39.0 Å². The molecule has 0 unspecified atom stereocenters. The summed E-state index contributed by atoms with van der Waals surface area (Å²) in [4.78, 5) is 11.9. The van der Waals surface area contributed by atoms with Crippen LogP contribution in [0.4, 0.5) is 0 Å². The molecule has 24 heavy (non-hydrogen) atoms. The molecular formula is C15H15N5O3S. The highest BCUT2D eigenvalue weighted by atomic mass is 32.2. The summed E-state index contributed by atoms with van der Waals surface area (Å²) in [7, 11) is 1.61. The Bertz CT molecular complexity index is 786. The second kappa shape index (κ2) is 7.64. The molecule has 9 heteroatoms. The van der Waals surface area contributed by atoms with Gasteiger partial charge in [-0.3, -0.25) is 4.79 Å². The van der Waals surface area contributed by atoms with Gasteiger partial charge in [0.2, 0.25) is 11.1 Å². The molecule has 0 radical (unpaired) electrons. The van der Waals surface area contributed by atoms with E-state index < -0.39 is 0 Å². The van der Waals surface area contributed by atoms with Crippen LogP contribution >= 0.6 is 11.8 Å². The van der Waals surface area contributed by atoms with Crippen molar-refractivity contribution in [2.75, 3.05) is 12.9 Å². The first kappa shape index (κ1) is 16.1. The number of rotatable bonds is 7. The predicted molar refractivity (Wildman–Crippen MR) is 87.0 cm³/mol. The molecule has 0 aliphatic rings. The average Bonchev–Trinajstić information content (AvgIpc) is 3.29. The minimum absolute atomic E-state index is 0.124. The summed E-state index contributed by atoms with van der Waals surface area (Å²) in [5, 5.41) is 14.9. The van der Waals surface area contributed by atoms with E-state index in [1.54, 1.807) is 30.2 Å². The zero-order valence-corrected chi connectivity index (χ0v) is 13.7. The summed E-state index contributed by atoms with van der Waals surface area (Å²) in [6.45, 7) is 0.357. The number of amides is 1. The molecule has 2 heterocycles. The topological polar surface area (TPSA) is 95.1 Å². The van der Waals surface area contributed by atoms with Crippen LogP contribution in [0.1, 0.15) is 5.76 Å². The number of hydrogen-bond acceptors (Lipinski definition) is 7. The second-order valence-electron chi connectivity index (χ2n) is 4.72. The maximum atomic E-state index is 11.9. The molecule has 0 saturated carbocycles. The lowest BCUT2D eigenvalue weighted by atomic mass is 10.3. The van der Waals surface area contributed by atoms with Gasteiger partial charge in [0.15, 0.2) is 0 Å². The Balaban J connectivity index is 1.57. The summed E-state index contributed by atoms with van der Waals surface area (Å²) in [5.41, 5.74) is 0.791. The van der Waals surface area contributed by atoms with Crippen molar-refractivity contribution in [3.8, 4) is 11.4 Å². The minimum atomic E-state index is -0.124. The molecule has 1 aromatic carbocycles.